The van der Waals surface area contributed by atoms with Crippen LogP contribution < -0.4 is 5.32 Å². The number of rotatable bonds is 4. The fourth-order valence-electron chi connectivity index (χ4n) is 3.60. The molecule has 3 unspecified atom stereocenters. The van der Waals surface area contributed by atoms with Gasteiger partial charge in [-0.15, -0.1) is 0 Å². The molecule has 1 amide bonds. The Bertz CT molecular complexity index is 373. The smallest absolute Gasteiger partial charge is 0.237 e. The molecule has 3 aliphatic rings. The molecule has 22 heavy (non-hydrogen) atoms. The van der Waals surface area contributed by atoms with E-state index in [1.165, 1.54) is 0 Å². The summed E-state index contributed by atoms with van der Waals surface area (Å²) in [5, 5.41) is 3.04. The Hall–Kier alpha value is -0.690. The maximum absolute atomic E-state index is 12.4. The summed E-state index contributed by atoms with van der Waals surface area (Å²) in [6.07, 6.45) is 4.40. The van der Waals surface area contributed by atoms with Crippen LogP contribution in [0.3, 0.4) is 0 Å². The van der Waals surface area contributed by atoms with Crippen molar-refractivity contribution in [3.63, 3.8) is 0 Å². The van der Waals surface area contributed by atoms with E-state index in [2.05, 4.69) is 10.2 Å². The zero-order valence-corrected chi connectivity index (χ0v) is 13.5. The first-order valence-electron chi connectivity index (χ1n) is 8.54. The molecule has 0 aromatic rings. The molecule has 0 radical (unpaired) electrons. The molecule has 1 spiro atoms. The van der Waals surface area contributed by atoms with Crippen molar-refractivity contribution in [3.8, 4) is 0 Å². The van der Waals surface area contributed by atoms with Crippen molar-refractivity contribution in [1.29, 1.82) is 0 Å². The molecule has 3 saturated heterocycles. The lowest BCUT2D eigenvalue weighted by molar-refractivity contribution is -0.175. The van der Waals surface area contributed by atoms with E-state index in [9.17, 15) is 4.79 Å². The molecule has 3 fully saturated rings. The zero-order valence-electron chi connectivity index (χ0n) is 13.5. The Kier molecular flexibility index (Phi) is 5.33. The van der Waals surface area contributed by atoms with E-state index in [1.54, 1.807) is 0 Å². The van der Waals surface area contributed by atoms with Crippen molar-refractivity contribution >= 4 is 5.91 Å². The van der Waals surface area contributed by atoms with Crippen molar-refractivity contribution < 1.29 is 19.0 Å². The maximum atomic E-state index is 12.4. The monoisotopic (exact) mass is 312 g/mol. The van der Waals surface area contributed by atoms with Crippen LogP contribution in [0, 0.1) is 0 Å². The highest BCUT2D eigenvalue weighted by Gasteiger charge is 2.40. The highest BCUT2D eigenvalue weighted by atomic mass is 16.5. The van der Waals surface area contributed by atoms with Crippen molar-refractivity contribution in [3.05, 3.63) is 0 Å². The Balaban J connectivity index is 1.49. The Morgan fingerprint density at radius 2 is 2.27 bits per heavy atom. The molecule has 126 valence electrons. The van der Waals surface area contributed by atoms with E-state index in [1.807, 2.05) is 6.92 Å². The Labute approximate surface area is 132 Å². The maximum Gasteiger partial charge on any atom is 0.237 e. The molecule has 6 heteroatoms. The molecule has 0 aliphatic carbocycles. The van der Waals surface area contributed by atoms with Gasteiger partial charge in [0.15, 0.2) is 0 Å². The predicted octanol–water partition coefficient (Wildman–Crippen LogP) is 0.552. The first-order chi connectivity index (χ1) is 10.7. The number of amides is 1. The van der Waals surface area contributed by atoms with E-state index in [0.717, 1.165) is 52.0 Å². The molecule has 1 N–H and O–H groups in total. The summed E-state index contributed by atoms with van der Waals surface area (Å²) in [6.45, 7) is 7.15. The molecule has 3 aliphatic heterocycles. The van der Waals surface area contributed by atoms with Gasteiger partial charge in [0, 0.05) is 32.8 Å². The van der Waals surface area contributed by atoms with Crippen LogP contribution in [0.2, 0.25) is 0 Å². The fourth-order valence-corrected chi connectivity index (χ4v) is 3.60. The van der Waals surface area contributed by atoms with Crippen LogP contribution in [-0.4, -0.2) is 74.6 Å². The molecular formula is C16H28N2O4. The van der Waals surface area contributed by atoms with Gasteiger partial charge >= 0.3 is 0 Å². The van der Waals surface area contributed by atoms with Crippen molar-refractivity contribution in [2.24, 2.45) is 0 Å². The lowest BCUT2D eigenvalue weighted by atomic mass is 9.93. The summed E-state index contributed by atoms with van der Waals surface area (Å²) >= 11 is 0. The zero-order chi connectivity index (χ0) is 15.4. The molecule has 0 bridgehead atoms. The van der Waals surface area contributed by atoms with Gasteiger partial charge in [-0.25, -0.2) is 0 Å². The van der Waals surface area contributed by atoms with E-state index in [0.29, 0.717) is 19.8 Å². The number of carbonyl (C=O) groups is 1. The first kappa shape index (κ1) is 16.2. The summed E-state index contributed by atoms with van der Waals surface area (Å²) in [7, 11) is 0. The van der Waals surface area contributed by atoms with E-state index >= 15 is 0 Å². The largest absolute Gasteiger partial charge is 0.378 e. The van der Waals surface area contributed by atoms with Gasteiger partial charge in [0.1, 0.15) is 5.60 Å². The minimum absolute atomic E-state index is 0.0873. The van der Waals surface area contributed by atoms with Gasteiger partial charge < -0.3 is 19.5 Å². The van der Waals surface area contributed by atoms with Crippen LogP contribution in [0.15, 0.2) is 0 Å². The third-order valence-corrected chi connectivity index (χ3v) is 5.02. The first-order valence-corrected chi connectivity index (χ1v) is 8.54. The third-order valence-electron chi connectivity index (χ3n) is 5.02. The number of hydrogen-bond donors (Lipinski definition) is 1. The second-order valence-electron chi connectivity index (χ2n) is 6.71. The number of nitrogens with zero attached hydrogens (tertiary/aromatic N) is 1. The van der Waals surface area contributed by atoms with Gasteiger partial charge in [0.05, 0.1) is 25.4 Å². The average molecular weight is 312 g/mol. The summed E-state index contributed by atoms with van der Waals surface area (Å²) in [5.41, 5.74) is -0.209. The van der Waals surface area contributed by atoms with Crippen LogP contribution in [0.1, 0.15) is 32.6 Å². The molecule has 0 aromatic heterocycles. The summed E-state index contributed by atoms with van der Waals surface area (Å²) in [6, 6.07) is -0.135. The Morgan fingerprint density at radius 3 is 3.00 bits per heavy atom. The van der Waals surface area contributed by atoms with Crippen LogP contribution >= 0.6 is 0 Å². The fraction of sp³-hybridized carbons (Fsp3) is 0.938. The van der Waals surface area contributed by atoms with Crippen LogP contribution in [0.25, 0.3) is 0 Å². The standard InChI is InChI=1S/C16H28N2O4/c1-13(15(19)17-10-14-4-2-8-21-14)18-6-9-22-16(11-18)5-3-7-20-12-16/h13-14H,2-12H2,1H3,(H,17,19). The van der Waals surface area contributed by atoms with Gasteiger partial charge in [-0.3, -0.25) is 9.69 Å². The quantitative estimate of drug-likeness (QED) is 0.821. The summed E-state index contributed by atoms with van der Waals surface area (Å²) in [5.74, 6) is 0.0873. The molecule has 3 rings (SSSR count). The molecular weight excluding hydrogens is 284 g/mol. The highest BCUT2D eigenvalue weighted by Crippen LogP contribution is 2.28. The van der Waals surface area contributed by atoms with Crippen LogP contribution in [0.5, 0.6) is 0 Å². The SMILES string of the molecule is CC(C(=O)NCC1CCCO1)N1CCOC2(CCCOC2)C1. The average Bonchev–Trinajstić information content (AvgIpc) is 3.06. The third kappa shape index (κ3) is 3.79. The second-order valence-corrected chi connectivity index (χ2v) is 6.71. The molecule has 0 aromatic carbocycles. The van der Waals surface area contributed by atoms with Crippen LogP contribution in [0.4, 0.5) is 0 Å². The summed E-state index contributed by atoms with van der Waals surface area (Å²) in [4.78, 5) is 14.6. The van der Waals surface area contributed by atoms with E-state index in [-0.39, 0.29) is 23.7 Å². The minimum atomic E-state index is -0.209. The summed E-state index contributed by atoms with van der Waals surface area (Å²) < 4.78 is 17.1. The molecule has 3 atom stereocenters. The van der Waals surface area contributed by atoms with Gasteiger partial charge in [-0.2, -0.15) is 0 Å². The predicted molar refractivity (Wildman–Crippen MR) is 81.8 cm³/mol. The van der Waals surface area contributed by atoms with Gasteiger partial charge in [-0.1, -0.05) is 0 Å². The Morgan fingerprint density at radius 1 is 1.36 bits per heavy atom. The van der Waals surface area contributed by atoms with Gasteiger partial charge in [-0.05, 0) is 32.6 Å². The lowest BCUT2D eigenvalue weighted by Crippen LogP contribution is -2.60. The molecule has 0 saturated carbocycles. The van der Waals surface area contributed by atoms with Crippen molar-refractivity contribution in [2.45, 2.75) is 50.4 Å². The minimum Gasteiger partial charge on any atom is -0.378 e. The number of nitrogens with one attached hydrogen (secondary N) is 1. The van der Waals surface area contributed by atoms with Crippen molar-refractivity contribution in [2.75, 3.05) is 46.1 Å². The van der Waals surface area contributed by atoms with Crippen LogP contribution in [-0.2, 0) is 19.0 Å². The van der Waals surface area contributed by atoms with Gasteiger partial charge in [0.2, 0.25) is 5.91 Å². The molecule has 3 heterocycles. The highest BCUT2D eigenvalue weighted by molar-refractivity contribution is 5.81. The number of morpholine rings is 1. The second kappa shape index (κ2) is 7.25. The lowest BCUT2D eigenvalue weighted by Gasteiger charge is -2.46. The number of carbonyl (C=O) groups excluding carboxylic acids is 1. The normalized spacial score (nSPS) is 34.7. The topological polar surface area (TPSA) is 60.0 Å². The van der Waals surface area contributed by atoms with E-state index < -0.39 is 0 Å². The van der Waals surface area contributed by atoms with E-state index in [4.69, 9.17) is 14.2 Å². The van der Waals surface area contributed by atoms with Gasteiger partial charge in [0.25, 0.3) is 0 Å². The molecule has 6 nitrogen and oxygen atoms in total. The van der Waals surface area contributed by atoms with Crippen molar-refractivity contribution in [1.82, 2.24) is 10.2 Å². The number of ether oxygens (including phenoxy) is 3. The number of hydrogen-bond acceptors (Lipinski definition) is 5.